The topological polar surface area (TPSA) is 43.1 Å². The number of carbonyl (C=O) groups is 1. The molecule has 0 radical (unpaired) electrons. The zero-order chi connectivity index (χ0) is 16.2. The number of para-hydroxylation sites is 1. The molecule has 0 aliphatic rings. The molecule has 0 aliphatic carbocycles. The lowest BCUT2D eigenvalue weighted by Gasteiger charge is -2.05. The Morgan fingerprint density at radius 3 is 2.78 bits per heavy atom. The first-order valence-corrected chi connectivity index (χ1v) is 7.33. The van der Waals surface area contributed by atoms with E-state index in [4.69, 9.17) is 4.74 Å². The van der Waals surface area contributed by atoms with Crippen LogP contribution in [0.3, 0.4) is 0 Å². The minimum atomic E-state index is -0.350. The van der Waals surface area contributed by atoms with E-state index >= 15 is 0 Å². The highest BCUT2D eigenvalue weighted by molar-refractivity contribution is 5.88. The van der Waals surface area contributed by atoms with Crippen molar-refractivity contribution in [1.82, 2.24) is 4.98 Å². The third kappa shape index (κ3) is 3.61. The molecule has 4 heteroatoms. The van der Waals surface area contributed by atoms with E-state index in [9.17, 15) is 4.79 Å². The Morgan fingerprint density at radius 2 is 2.00 bits per heavy atom. The van der Waals surface area contributed by atoms with Gasteiger partial charge in [0, 0.05) is 23.9 Å². The number of carbonyl (C=O) groups excluding carboxylic acids is 1. The molecule has 2 aromatic heterocycles. The summed E-state index contributed by atoms with van der Waals surface area (Å²) in [6.07, 6.45) is 7.96. The van der Waals surface area contributed by atoms with Crippen molar-refractivity contribution in [3.8, 4) is 5.75 Å². The standard InChI is InChI=1S/C19H17N2O2/c1-14(22)23-18-7-3-6-16-9-11-17(20-19(16)18)10-8-15-5-4-12-21(2)13-15/h3-13H,1-2H3/q+1. The summed E-state index contributed by atoms with van der Waals surface area (Å²) in [4.78, 5) is 15.8. The second-order valence-corrected chi connectivity index (χ2v) is 5.29. The summed E-state index contributed by atoms with van der Waals surface area (Å²) in [6, 6.07) is 13.5. The molecular weight excluding hydrogens is 288 g/mol. The van der Waals surface area contributed by atoms with Gasteiger partial charge in [-0.1, -0.05) is 18.2 Å². The van der Waals surface area contributed by atoms with E-state index < -0.39 is 0 Å². The lowest BCUT2D eigenvalue weighted by Crippen LogP contribution is -2.26. The highest BCUT2D eigenvalue weighted by atomic mass is 16.5. The molecule has 0 spiro atoms. The molecule has 3 aromatic rings. The van der Waals surface area contributed by atoms with Crippen molar-refractivity contribution >= 4 is 29.0 Å². The molecule has 0 aliphatic heterocycles. The van der Waals surface area contributed by atoms with Crippen molar-refractivity contribution in [2.24, 2.45) is 7.05 Å². The van der Waals surface area contributed by atoms with Crippen molar-refractivity contribution in [1.29, 1.82) is 0 Å². The fraction of sp³-hybridized carbons (Fsp3) is 0.105. The van der Waals surface area contributed by atoms with Gasteiger partial charge in [0.2, 0.25) is 0 Å². The minimum absolute atomic E-state index is 0.350. The van der Waals surface area contributed by atoms with Crippen molar-refractivity contribution < 1.29 is 14.1 Å². The first-order chi connectivity index (χ1) is 11.1. The van der Waals surface area contributed by atoms with Gasteiger partial charge >= 0.3 is 5.97 Å². The second kappa shape index (κ2) is 6.40. The Bertz CT molecular complexity index is 901. The number of benzene rings is 1. The number of hydrogen-bond acceptors (Lipinski definition) is 3. The molecule has 3 rings (SSSR count). The van der Waals surface area contributed by atoms with Crippen LogP contribution in [0.15, 0.2) is 54.9 Å². The lowest BCUT2D eigenvalue weighted by molar-refractivity contribution is -0.671. The summed E-state index contributed by atoms with van der Waals surface area (Å²) in [5, 5.41) is 0.937. The quantitative estimate of drug-likeness (QED) is 0.424. The van der Waals surface area contributed by atoms with E-state index in [1.807, 2.05) is 72.6 Å². The Kier molecular flexibility index (Phi) is 4.15. The molecule has 0 fully saturated rings. The van der Waals surface area contributed by atoms with E-state index in [1.54, 1.807) is 6.07 Å². The number of hydrogen-bond donors (Lipinski definition) is 0. The average Bonchev–Trinajstić information content (AvgIpc) is 2.53. The predicted octanol–water partition coefficient (Wildman–Crippen LogP) is 3.16. The van der Waals surface area contributed by atoms with Crippen LogP contribution in [0.5, 0.6) is 5.75 Å². The van der Waals surface area contributed by atoms with Gasteiger partial charge in [0.15, 0.2) is 18.1 Å². The van der Waals surface area contributed by atoms with Crippen LogP contribution in [-0.4, -0.2) is 11.0 Å². The number of fused-ring (bicyclic) bond motifs is 1. The molecule has 2 heterocycles. The Hall–Kier alpha value is -3.01. The van der Waals surface area contributed by atoms with Gasteiger partial charge in [-0.05, 0) is 30.4 Å². The van der Waals surface area contributed by atoms with E-state index in [-0.39, 0.29) is 5.97 Å². The summed E-state index contributed by atoms with van der Waals surface area (Å²) < 4.78 is 7.22. The van der Waals surface area contributed by atoms with Crippen LogP contribution < -0.4 is 9.30 Å². The molecule has 0 saturated heterocycles. The Labute approximate surface area is 134 Å². The van der Waals surface area contributed by atoms with Gasteiger partial charge in [-0.2, -0.15) is 0 Å². The number of pyridine rings is 2. The monoisotopic (exact) mass is 305 g/mol. The highest BCUT2D eigenvalue weighted by Crippen LogP contribution is 2.24. The number of ether oxygens (including phenoxy) is 1. The van der Waals surface area contributed by atoms with Crippen LogP contribution in [-0.2, 0) is 11.8 Å². The Morgan fingerprint density at radius 1 is 1.13 bits per heavy atom. The third-order valence-corrected chi connectivity index (χ3v) is 3.37. The summed E-state index contributed by atoms with van der Waals surface area (Å²) in [7, 11) is 1.98. The van der Waals surface area contributed by atoms with Crippen LogP contribution in [0, 0.1) is 0 Å². The molecule has 0 saturated carbocycles. The molecule has 0 unspecified atom stereocenters. The van der Waals surface area contributed by atoms with Gasteiger partial charge in [-0.25, -0.2) is 9.55 Å². The third-order valence-electron chi connectivity index (χ3n) is 3.37. The first-order valence-electron chi connectivity index (χ1n) is 7.33. The van der Waals surface area contributed by atoms with Gasteiger partial charge in [-0.3, -0.25) is 4.79 Å². The summed E-state index contributed by atoms with van der Waals surface area (Å²) in [5.74, 6) is 0.133. The van der Waals surface area contributed by atoms with Crippen molar-refractivity contribution in [3.63, 3.8) is 0 Å². The summed E-state index contributed by atoms with van der Waals surface area (Å²) in [5.41, 5.74) is 2.58. The number of aryl methyl sites for hydroxylation is 1. The van der Waals surface area contributed by atoms with Crippen LogP contribution in [0.2, 0.25) is 0 Å². The maximum Gasteiger partial charge on any atom is 0.308 e. The molecule has 0 N–H and O–H groups in total. The maximum absolute atomic E-state index is 11.2. The average molecular weight is 305 g/mol. The van der Waals surface area contributed by atoms with E-state index in [0.717, 1.165) is 16.6 Å². The molecule has 1 aromatic carbocycles. The number of nitrogens with zero attached hydrogens (tertiary/aromatic N) is 2. The lowest BCUT2D eigenvalue weighted by atomic mass is 10.1. The van der Waals surface area contributed by atoms with Gasteiger partial charge < -0.3 is 4.74 Å². The van der Waals surface area contributed by atoms with Crippen molar-refractivity contribution in [3.05, 3.63) is 66.1 Å². The SMILES string of the molecule is CC(=O)Oc1cccc2ccc(C=Cc3ccc[n+](C)c3)nc12. The predicted molar refractivity (Wildman–Crippen MR) is 89.6 cm³/mol. The zero-order valence-electron chi connectivity index (χ0n) is 13.1. The van der Waals surface area contributed by atoms with Gasteiger partial charge in [-0.15, -0.1) is 0 Å². The van der Waals surface area contributed by atoms with E-state index in [0.29, 0.717) is 11.3 Å². The molecule has 0 amide bonds. The van der Waals surface area contributed by atoms with Gasteiger partial charge in [0.05, 0.1) is 5.69 Å². The number of esters is 1. The highest BCUT2D eigenvalue weighted by Gasteiger charge is 2.06. The van der Waals surface area contributed by atoms with E-state index in [2.05, 4.69) is 4.98 Å². The normalized spacial score (nSPS) is 11.0. The molecule has 23 heavy (non-hydrogen) atoms. The number of rotatable bonds is 3. The van der Waals surface area contributed by atoms with Gasteiger partial charge in [0.25, 0.3) is 0 Å². The fourth-order valence-corrected chi connectivity index (χ4v) is 2.36. The van der Waals surface area contributed by atoms with Crippen LogP contribution in [0.4, 0.5) is 0 Å². The molecular formula is C19H17N2O2+. The Balaban J connectivity index is 1.97. The van der Waals surface area contributed by atoms with Crippen LogP contribution >= 0.6 is 0 Å². The van der Waals surface area contributed by atoms with Crippen LogP contribution in [0.1, 0.15) is 18.2 Å². The molecule has 0 bridgehead atoms. The van der Waals surface area contributed by atoms with Crippen molar-refractivity contribution in [2.75, 3.05) is 0 Å². The fourth-order valence-electron chi connectivity index (χ4n) is 2.36. The van der Waals surface area contributed by atoms with E-state index in [1.165, 1.54) is 6.92 Å². The van der Waals surface area contributed by atoms with Gasteiger partial charge in [0.1, 0.15) is 12.6 Å². The second-order valence-electron chi connectivity index (χ2n) is 5.29. The minimum Gasteiger partial charge on any atom is -0.424 e. The molecule has 4 nitrogen and oxygen atoms in total. The molecule has 114 valence electrons. The molecule has 0 atom stereocenters. The number of aromatic nitrogens is 2. The summed E-state index contributed by atoms with van der Waals surface area (Å²) in [6.45, 7) is 1.39. The first kappa shape index (κ1) is 14.9. The maximum atomic E-state index is 11.2. The van der Waals surface area contributed by atoms with Crippen LogP contribution in [0.25, 0.3) is 23.1 Å². The largest absolute Gasteiger partial charge is 0.424 e. The smallest absolute Gasteiger partial charge is 0.308 e. The summed E-state index contributed by atoms with van der Waals surface area (Å²) >= 11 is 0. The zero-order valence-corrected chi connectivity index (χ0v) is 13.1. The van der Waals surface area contributed by atoms with Crippen molar-refractivity contribution in [2.45, 2.75) is 6.92 Å².